The predicted octanol–water partition coefficient (Wildman–Crippen LogP) is 1.98. The summed E-state index contributed by atoms with van der Waals surface area (Å²) >= 11 is 0. The molecule has 130 valence electrons. The molecule has 1 aromatic carbocycles. The van der Waals surface area contributed by atoms with Crippen LogP contribution < -0.4 is 4.90 Å². The maximum absolute atomic E-state index is 12.5. The Bertz CT molecular complexity index is 656. The summed E-state index contributed by atoms with van der Waals surface area (Å²) in [5.41, 5.74) is 3.03. The van der Waals surface area contributed by atoms with Crippen molar-refractivity contribution in [3.05, 3.63) is 29.3 Å². The summed E-state index contributed by atoms with van der Waals surface area (Å²) in [5.74, 6) is -1.37. The van der Waals surface area contributed by atoms with Crippen molar-refractivity contribution in [2.24, 2.45) is 5.92 Å². The topological polar surface area (TPSA) is 77.9 Å². The maximum atomic E-state index is 12.5. The molecule has 1 aromatic rings. The van der Waals surface area contributed by atoms with Gasteiger partial charge in [-0.15, -0.1) is 0 Å². The van der Waals surface area contributed by atoms with Gasteiger partial charge in [0.05, 0.1) is 5.92 Å². The second kappa shape index (κ2) is 7.47. The highest BCUT2D eigenvalue weighted by molar-refractivity contribution is 6.00. The van der Waals surface area contributed by atoms with Crippen LogP contribution in [0.4, 0.5) is 5.69 Å². The van der Waals surface area contributed by atoms with E-state index in [1.54, 1.807) is 11.9 Å². The van der Waals surface area contributed by atoms with E-state index in [9.17, 15) is 14.4 Å². The van der Waals surface area contributed by atoms with Crippen LogP contribution in [0.2, 0.25) is 0 Å². The van der Waals surface area contributed by atoms with Gasteiger partial charge in [-0.2, -0.15) is 0 Å². The number of carboxylic acid groups (broad SMARTS) is 1. The Kier molecular flexibility index (Phi) is 5.59. The summed E-state index contributed by atoms with van der Waals surface area (Å²) in [7, 11) is 1.66. The van der Waals surface area contributed by atoms with Crippen molar-refractivity contribution in [3.8, 4) is 0 Å². The summed E-state index contributed by atoms with van der Waals surface area (Å²) in [6.45, 7) is 4.74. The van der Waals surface area contributed by atoms with E-state index >= 15 is 0 Å². The zero-order valence-electron chi connectivity index (χ0n) is 14.4. The summed E-state index contributed by atoms with van der Waals surface area (Å²) in [6.07, 6.45) is 0.657. The highest BCUT2D eigenvalue weighted by atomic mass is 16.4. The number of carbonyl (C=O) groups is 3. The van der Waals surface area contributed by atoms with Gasteiger partial charge in [-0.3, -0.25) is 14.4 Å². The highest BCUT2D eigenvalue weighted by Gasteiger charge is 2.36. The quantitative estimate of drug-likeness (QED) is 0.864. The van der Waals surface area contributed by atoms with E-state index < -0.39 is 5.97 Å². The number of amides is 2. The Hall–Kier alpha value is -2.37. The summed E-state index contributed by atoms with van der Waals surface area (Å²) in [6, 6.07) is 5.82. The molecule has 6 nitrogen and oxygen atoms in total. The number of hydrogen-bond acceptors (Lipinski definition) is 3. The number of rotatable bonds is 6. The van der Waals surface area contributed by atoms with Crippen molar-refractivity contribution in [1.82, 2.24) is 4.90 Å². The molecule has 1 aliphatic rings. The van der Waals surface area contributed by atoms with Gasteiger partial charge in [0.15, 0.2) is 0 Å². The van der Waals surface area contributed by atoms with Crippen LogP contribution >= 0.6 is 0 Å². The van der Waals surface area contributed by atoms with Gasteiger partial charge in [-0.05, 0) is 37.5 Å². The molecule has 1 unspecified atom stereocenters. The molecule has 1 saturated heterocycles. The largest absolute Gasteiger partial charge is 0.481 e. The van der Waals surface area contributed by atoms with Crippen LogP contribution in [0, 0.1) is 19.8 Å². The van der Waals surface area contributed by atoms with Crippen molar-refractivity contribution in [2.45, 2.75) is 33.1 Å². The molecule has 1 N–H and O–H groups in total. The number of aryl methyl sites for hydroxylation is 1. The van der Waals surface area contributed by atoms with Crippen LogP contribution in [0.5, 0.6) is 0 Å². The van der Waals surface area contributed by atoms with E-state index in [4.69, 9.17) is 5.11 Å². The minimum absolute atomic E-state index is 0.0375. The van der Waals surface area contributed by atoms with Crippen LogP contribution in [-0.4, -0.2) is 47.9 Å². The van der Waals surface area contributed by atoms with Crippen LogP contribution in [0.1, 0.15) is 30.4 Å². The third-order valence-electron chi connectivity index (χ3n) is 4.60. The number of nitrogens with zero attached hydrogens (tertiary/aromatic N) is 2. The summed E-state index contributed by atoms with van der Waals surface area (Å²) in [4.78, 5) is 38.6. The first-order valence-electron chi connectivity index (χ1n) is 8.14. The van der Waals surface area contributed by atoms with Gasteiger partial charge in [0, 0.05) is 38.7 Å². The minimum atomic E-state index is -0.868. The Labute approximate surface area is 142 Å². The van der Waals surface area contributed by atoms with Gasteiger partial charge in [0.2, 0.25) is 11.8 Å². The highest BCUT2D eigenvalue weighted by Crippen LogP contribution is 2.30. The standard InChI is InChI=1S/C18H24N2O4/c1-12-6-4-7-15(13(12)2)20-11-14(10-16(20)21)18(24)19(3)9-5-8-17(22)23/h4,6-7,14H,5,8-11H2,1-3H3,(H,22,23). The molecular weight excluding hydrogens is 308 g/mol. The summed E-state index contributed by atoms with van der Waals surface area (Å²) < 4.78 is 0. The third-order valence-corrected chi connectivity index (χ3v) is 4.60. The molecule has 0 aromatic heterocycles. The SMILES string of the molecule is Cc1cccc(N2CC(C(=O)N(C)CCCC(=O)O)CC2=O)c1C. The number of hydrogen-bond donors (Lipinski definition) is 1. The molecule has 0 bridgehead atoms. The Morgan fingerprint density at radius 2 is 2.04 bits per heavy atom. The Morgan fingerprint density at radius 1 is 1.33 bits per heavy atom. The molecule has 0 aliphatic carbocycles. The van der Waals surface area contributed by atoms with Gasteiger partial charge < -0.3 is 14.9 Å². The number of anilines is 1. The lowest BCUT2D eigenvalue weighted by Crippen LogP contribution is -2.35. The second-order valence-corrected chi connectivity index (χ2v) is 6.38. The maximum Gasteiger partial charge on any atom is 0.303 e. The first kappa shape index (κ1) is 18.0. The van der Waals surface area contributed by atoms with E-state index in [-0.39, 0.29) is 30.6 Å². The van der Waals surface area contributed by atoms with Gasteiger partial charge >= 0.3 is 5.97 Å². The molecular formula is C18H24N2O4. The third kappa shape index (κ3) is 3.93. The molecule has 1 fully saturated rings. The van der Waals surface area contributed by atoms with E-state index in [0.717, 1.165) is 16.8 Å². The molecule has 1 atom stereocenters. The smallest absolute Gasteiger partial charge is 0.303 e. The fraction of sp³-hybridized carbons (Fsp3) is 0.500. The normalized spacial score (nSPS) is 17.2. The second-order valence-electron chi connectivity index (χ2n) is 6.38. The summed E-state index contributed by atoms with van der Waals surface area (Å²) in [5, 5.41) is 8.67. The van der Waals surface area contributed by atoms with Gasteiger partial charge in [0.25, 0.3) is 0 Å². The van der Waals surface area contributed by atoms with Crippen LogP contribution in [-0.2, 0) is 14.4 Å². The molecule has 24 heavy (non-hydrogen) atoms. The Balaban J connectivity index is 2.02. The van der Waals surface area contributed by atoms with E-state index in [1.807, 2.05) is 32.0 Å². The fourth-order valence-corrected chi connectivity index (χ4v) is 3.02. The molecule has 2 rings (SSSR count). The lowest BCUT2D eigenvalue weighted by molar-refractivity contribution is -0.138. The fourth-order valence-electron chi connectivity index (χ4n) is 3.02. The van der Waals surface area contributed by atoms with E-state index in [0.29, 0.717) is 19.5 Å². The number of aliphatic carboxylic acids is 1. The molecule has 0 spiro atoms. The number of benzene rings is 1. The average molecular weight is 332 g/mol. The first-order valence-corrected chi connectivity index (χ1v) is 8.14. The predicted molar refractivity (Wildman–Crippen MR) is 90.9 cm³/mol. The lowest BCUT2D eigenvalue weighted by Gasteiger charge is -2.22. The van der Waals surface area contributed by atoms with Crippen molar-refractivity contribution in [2.75, 3.05) is 25.0 Å². The van der Waals surface area contributed by atoms with Gasteiger partial charge in [-0.25, -0.2) is 0 Å². The number of carbonyl (C=O) groups excluding carboxylic acids is 2. The number of carboxylic acids is 1. The molecule has 6 heteroatoms. The van der Waals surface area contributed by atoms with E-state index in [1.165, 1.54) is 4.90 Å². The van der Waals surface area contributed by atoms with Crippen molar-refractivity contribution in [3.63, 3.8) is 0 Å². The first-order chi connectivity index (χ1) is 11.3. The molecule has 2 amide bonds. The van der Waals surface area contributed by atoms with Crippen molar-refractivity contribution in [1.29, 1.82) is 0 Å². The van der Waals surface area contributed by atoms with Crippen LogP contribution in [0.15, 0.2) is 18.2 Å². The lowest BCUT2D eigenvalue weighted by atomic mass is 10.1. The van der Waals surface area contributed by atoms with Crippen LogP contribution in [0.25, 0.3) is 0 Å². The molecule has 1 aliphatic heterocycles. The van der Waals surface area contributed by atoms with Crippen LogP contribution in [0.3, 0.4) is 0 Å². The van der Waals surface area contributed by atoms with Crippen molar-refractivity contribution >= 4 is 23.5 Å². The van der Waals surface area contributed by atoms with Crippen molar-refractivity contribution < 1.29 is 19.5 Å². The molecule has 0 radical (unpaired) electrons. The average Bonchev–Trinajstić information content (AvgIpc) is 2.90. The van der Waals surface area contributed by atoms with Gasteiger partial charge in [-0.1, -0.05) is 12.1 Å². The zero-order valence-corrected chi connectivity index (χ0v) is 14.4. The molecule has 1 heterocycles. The Morgan fingerprint density at radius 3 is 2.71 bits per heavy atom. The van der Waals surface area contributed by atoms with Gasteiger partial charge in [0.1, 0.15) is 0 Å². The van der Waals surface area contributed by atoms with E-state index in [2.05, 4.69) is 0 Å². The minimum Gasteiger partial charge on any atom is -0.481 e. The molecule has 0 saturated carbocycles. The monoisotopic (exact) mass is 332 g/mol. The zero-order chi connectivity index (χ0) is 17.9.